The Balaban J connectivity index is 1.54. The molecule has 2 heterocycles. The van der Waals surface area contributed by atoms with E-state index in [-0.39, 0.29) is 12.3 Å². The molecule has 0 spiro atoms. The molecule has 4 rings (SSSR count). The first-order valence-corrected chi connectivity index (χ1v) is 12.5. The summed E-state index contributed by atoms with van der Waals surface area (Å²) in [5.74, 6) is 1.21. The molecule has 0 radical (unpaired) electrons. The number of nitrogens with two attached hydrogens (primary N) is 1. The van der Waals surface area contributed by atoms with Crippen LogP contribution in [0.3, 0.4) is 0 Å². The van der Waals surface area contributed by atoms with Crippen LogP contribution in [0.1, 0.15) is 46.0 Å². The van der Waals surface area contributed by atoms with E-state index in [4.69, 9.17) is 5.73 Å². The van der Waals surface area contributed by atoms with Crippen molar-refractivity contribution >= 4 is 29.7 Å². The monoisotopic (exact) mass is 466 g/mol. The highest BCUT2D eigenvalue weighted by Gasteiger charge is 2.39. The van der Waals surface area contributed by atoms with Gasteiger partial charge < -0.3 is 10.8 Å². The Labute approximate surface area is 198 Å². The highest BCUT2D eigenvalue weighted by atomic mass is 32.2. The molecule has 2 aromatic carbocycles. The average molecular weight is 467 g/mol. The molecule has 174 valence electrons. The molecular formula is C25H30N4O3S. The first-order chi connectivity index (χ1) is 15.9. The van der Waals surface area contributed by atoms with Gasteiger partial charge in [-0.1, -0.05) is 43.3 Å². The number of carbonyl (C=O) groups is 2. The molecule has 2 aliphatic rings. The highest BCUT2D eigenvalue weighted by Crippen LogP contribution is 2.35. The third-order valence-corrected chi connectivity index (χ3v) is 7.39. The second kappa shape index (κ2) is 10.1. The van der Waals surface area contributed by atoms with Gasteiger partial charge in [-0.05, 0) is 35.6 Å². The summed E-state index contributed by atoms with van der Waals surface area (Å²) in [5, 5.41) is 15.9. The minimum atomic E-state index is -0.907. The Kier molecular flexibility index (Phi) is 7.17. The van der Waals surface area contributed by atoms with Crippen molar-refractivity contribution in [1.29, 1.82) is 0 Å². The first-order valence-electron chi connectivity index (χ1n) is 11.3. The molecule has 0 bridgehead atoms. The Hall–Kier alpha value is -2.68. The van der Waals surface area contributed by atoms with Crippen LogP contribution in [-0.4, -0.2) is 70.7 Å². The normalized spacial score (nSPS) is 21.2. The standard InChI is InChI=1S/C25H30N4O3S/c1-2-25(26)22-15-21(8-7-19(22)9-10-28(25)17-23(30)31)24(32)20-5-3-18(4-6-20)16-27-29-11-13-33-14-12-29/h3-8,15-16H,2,9-14,17,26H2,1H3,(H,30,31). The Morgan fingerprint density at radius 3 is 2.48 bits per heavy atom. The fourth-order valence-corrected chi connectivity index (χ4v) is 5.35. The van der Waals surface area contributed by atoms with Crippen molar-refractivity contribution in [2.75, 3.05) is 37.7 Å². The number of hydrogen-bond acceptors (Lipinski definition) is 7. The Morgan fingerprint density at radius 1 is 1.12 bits per heavy atom. The van der Waals surface area contributed by atoms with Gasteiger partial charge in [-0.3, -0.25) is 19.5 Å². The van der Waals surface area contributed by atoms with Gasteiger partial charge in [-0.25, -0.2) is 0 Å². The lowest BCUT2D eigenvalue weighted by atomic mass is 9.84. The molecule has 8 heteroatoms. The predicted molar refractivity (Wildman–Crippen MR) is 132 cm³/mol. The van der Waals surface area contributed by atoms with Crippen molar-refractivity contribution < 1.29 is 14.7 Å². The van der Waals surface area contributed by atoms with E-state index in [0.717, 1.165) is 41.3 Å². The fourth-order valence-electron chi connectivity index (χ4n) is 4.47. The summed E-state index contributed by atoms with van der Waals surface area (Å²) in [6, 6.07) is 13.1. The van der Waals surface area contributed by atoms with E-state index in [0.29, 0.717) is 30.5 Å². The maximum atomic E-state index is 13.2. The van der Waals surface area contributed by atoms with Crippen LogP contribution in [0.2, 0.25) is 0 Å². The molecule has 0 amide bonds. The zero-order valence-corrected chi connectivity index (χ0v) is 19.7. The number of aliphatic carboxylic acids is 1. The van der Waals surface area contributed by atoms with Gasteiger partial charge in [0, 0.05) is 42.3 Å². The second-order valence-electron chi connectivity index (χ2n) is 8.48. The summed E-state index contributed by atoms with van der Waals surface area (Å²) in [5.41, 5.74) is 9.82. The molecular weight excluding hydrogens is 436 g/mol. The molecule has 0 aliphatic carbocycles. The molecule has 1 unspecified atom stereocenters. The van der Waals surface area contributed by atoms with Crippen LogP contribution >= 0.6 is 11.8 Å². The van der Waals surface area contributed by atoms with Crippen molar-refractivity contribution in [3.05, 3.63) is 70.3 Å². The van der Waals surface area contributed by atoms with Crippen LogP contribution in [0.25, 0.3) is 0 Å². The summed E-state index contributed by atoms with van der Waals surface area (Å²) < 4.78 is 0. The van der Waals surface area contributed by atoms with Crippen LogP contribution in [0, 0.1) is 0 Å². The van der Waals surface area contributed by atoms with Crippen molar-refractivity contribution in [2.24, 2.45) is 10.8 Å². The molecule has 0 saturated carbocycles. The van der Waals surface area contributed by atoms with Gasteiger partial charge in [-0.2, -0.15) is 16.9 Å². The van der Waals surface area contributed by atoms with Gasteiger partial charge in [-0.15, -0.1) is 0 Å². The molecule has 2 aliphatic heterocycles. The number of hydrazone groups is 1. The first kappa shape index (κ1) is 23.5. The lowest BCUT2D eigenvalue weighted by Crippen LogP contribution is -2.57. The number of benzene rings is 2. The van der Waals surface area contributed by atoms with E-state index in [1.807, 2.05) is 67.4 Å². The van der Waals surface area contributed by atoms with Crippen LogP contribution in [0.4, 0.5) is 0 Å². The number of thioether (sulfide) groups is 1. The third-order valence-electron chi connectivity index (χ3n) is 6.45. The lowest BCUT2D eigenvalue weighted by molar-refractivity contribution is -0.140. The van der Waals surface area contributed by atoms with Crippen LogP contribution in [-0.2, 0) is 16.9 Å². The molecule has 1 atom stereocenters. The zero-order valence-electron chi connectivity index (χ0n) is 18.9. The molecule has 33 heavy (non-hydrogen) atoms. The molecule has 3 N–H and O–H groups in total. The lowest BCUT2D eigenvalue weighted by Gasteiger charge is -2.44. The van der Waals surface area contributed by atoms with E-state index in [1.165, 1.54) is 0 Å². The Bertz CT molecular complexity index is 1050. The highest BCUT2D eigenvalue weighted by molar-refractivity contribution is 7.99. The van der Waals surface area contributed by atoms with Crippen LogP contribution in [0.5, 0.6) is 0 Å². The summed E-state index contributed by atoms with van der Waals surface area (Å²) in [6.45, 7) is 4.32. The topological polar surface area (TPSA) is 99.2 Å². The molecule has 1 fully saturated rings. The van der Waals surface area contributed by atoms with E-state index in [9.17, 15) is 14.7 Å². The summed E-state index contributed by atoms with van der Waals surface area (Å²) in [7, 11) is 0. The number of fused-ring (bicyclic) bond motifs is 1. The number of carbonyl (C=O) groups excluding carboxylic acids is 1. The number of hydrogen-bond donors (Lipinski definition) is 2. The molecule has 0 aromatic heterocycles. The number of rotatable bonds is 7. The Morgan fingerprint density at radius 2 is 1.82 bits per heavy atom. The number of carboxylic acids is 1. The van der Waals surface area contributed by atoms with E-state index < -0.39 is 11.6 Å². The SMILES string of the molecule is CCC1(N)c2cc(C(=O)c3ccc(C=NN4CCSCC4)cc3)ccc2CCN1CC(=O)O. The maximum absolute atomic E-state index is 13.2. The third kappa shape index (κ3) is 5.13. The largest absolute Gasteiger partial charge is 0.480 e. The molecule has 2 aromatic rings. The fraction of sp³-hybridized carbons (Fsp3) is 0.400. The van der Waals surface area contributed by atoms with Gasteiger partial charge in [0.25, 0.3) is 0 Å². The van der Waals surface area contributed by atoms with Gasteiger partial charge in [0.2, 0.25) is 0 Å². The summed E-state index contributed by atoms with van der Waals surface area (Å²) in [4.78, 5) is 26.4. The zero-order chi connectivity index (χ0) is 23.4. The molecule has 1 saturated heterocycles. The van der Waals surface area contributed by atoms with Crippen molar-refractivity contribution in [1.82, 2.24) is 9.91 Å². The summed E-state index contributed by atoms with van der Waals surface area (Å²) >= 11 is 1.95. The minimum absolute atomic E-state index is 0.0804. The van der Waals surface area contributed by atoms with Crippen LogP contribution in [0.15, 0.2) is 47.6 Å². The number of carboxylic acid groups (broad SMARTS) is 1. The van der Waals surface area contributed by atoms with Crippen LogP contribution < -0.4 is 5.73 Å². The van der Waals surface area contributed by atoms with E-state index in [2.05, 4.69) is 10.1 Å². The van der Waals surface area contributed by atoms with Crippen molar-refractivity contribution in [2.45, 2.75) is 25.4 Å². The number of nitrogens with zero attached hydrogens (tertiary/aromatic N) is 3. The van der Waals surface area contributed by atoms with Gasteiger partial charge >= 0.3 is 5.97 Å². The summed E-state index contributed by atoms with van der Waals surface area (Å²) in [6.07, 6.45) is 3.10. The van der Waals surface area contributed by atoms with E-state index >= 15 is 0 Å². The van der Waals surface area contributed by atoms with Gasteiger partial charge in [0.15, 0.2) is 5.78 Å². The quantitative estimate of drug-likeness (QED) is 0.478. The van der Waals surface area contributed by atoms with E-state index in [1.54, 1.807) is 4.90 Å². The number of ketones is 1. The van der Waals surface area contributed by atoms with Gasteiger partial charge in [0.05, 0.1) is 18.4 Å². The minimum Gasteiger partial charge on any atom is -0.480 e. The van der Waals surface area contributed by atoms with Gasteiger partial charge in [0.1, 0.15) is 0 Å². The van der Waals surface area contributed by atoms with Crippen molar-refractivity contribution in [3.63, 3.8) is 0 Å². The predicted octanol–water partition coefficient (Wildman–Crippen LogP) is 2.76. The smallest absolute Gasteiger partial charge is 0.317 e. The second-order valence-corrected chi connectivity index (χ2v) is 9.70. The maximum Gasteiger partial charge on any atom is 0.317 e. The van der Waals surface area contributed by atoms with Crippen molar-refractivity contribution in [3.8, 4) is 0 Å². The molecule has 7 nitrogen and oxygen atoms in total. The average Bonchev–Trinajstić information content (AvgIpc) is 2.84.